The summed E-state index contributed by atoms with van der Waals surface area (Å²) in [5, 5.41) is 12.8. The van der Waals surface area contributed by atoms with Crippen molar-refractivity contribution in [3.8, 4) is 0 Å². The van der Waals surface area contributed by atoms with Crippen molar-refractivity contribution in [1.29, 1.82) is 0 Å². The summed E-state index contributed by atoms with van der Waals surface area (Å²) >= 11 is 0. The van der Waals surface area contributed by atoms with Crippen molar-refractivity contribution in [2.45, 2.75) is 19.9 Å². The molecule has 0 spiro atoms. The number of aromatic nitrogens is 2. The van der Waals surface area contributed by atoms with Gasteiger partial charge in [-0.1, -0.05) is 0 Å². The minimum Gasteiger partial charge on any atom is -0.480 e. The first kappa shape index (κ1) is 17.4. The molecule has 0 aliphatic carbocycles. The summed E-state index contributed by atoms with van der Waals surface area (Å²) in [5.41, 5.74) is 0.296. The van der Waals surface area contributed by atoms with E-state index in [0.717, 1.165) is 0 Å². The van der Waals surface area contributed by atoms with Gasteiger partial charge in [0.1, 0.15) is 6.04 Å². The second-order valence-corrected chi connectivity index (χ2v) is 7.57. The number of hydrogen-bond donors (Lipinski definition) is 1. The number of aliphatic carboxylic acids is 1. The highest BCUT2D eigenvalue weighted by Crippen LogP contribution is 2.13. The Bertz CT molecular complexity index is 691. The zero-order chi connectivity index (χ0) is 17.2. The van der Waals surface area contributed by atoms with E-state index < -0.39 is 22.0 Å². The summed E-state index contributed by atoms with van der Waals surface area (Å²) < 4.78 is 26.2. The molecule has 0 aromatic carbocycles. The van der Waals surface area contributed by atoms with E-state index in [9.17, 15) is 18.0 Å². The van der Waals surface area contributed by atoms with E-state index >= 15 is 0 Å². The lowest BCUT2D eigenvalue weighted by Crippen LogP contribution is -2.50. The average Bonchev–Trinajstić information content (AvgIpc) is 3.03. The number of amides is 1. The fourth-order valence-electron chi connectivity index (χ4n) is 2.31. The molecule has 2 heterocycles. The van der Waals surface area contributed by atoms with Gasteiger partial charge in [0.05, 0.1) is 17.5 Å². The smallest absolute Gasteiger partial charge is 0.328 e. The standard InChI is InChI=1S/C13H20N4O5S/c1-3-23(21,22)16-6-4-15(5-7-16)12(18)11-8-14-17(9-11)10(2)13(19)20/h8-10H,3-7H2,1-2H3,(H,19,20). The largest absolute Gasteiger partial charge is 0.480 e. The van der Waals surface area contributed by atoms with Gasteiger partial charge in [0.25, 0.3) is 5.91 Å². The molecule has 1 fully saturated rings. The molecule has 1 aliphatic rings. The Morgan fingerprint density at radius 1 is 1.30 bits per heavy atom. The first-order chi connectivity index (χ1) is 10.8. The summed E-state index contributed by atoms with van der Waals surface area (Å²) in [6, 6.07) is -0.858. The van der Waals surface area contributed by atoms with Crippen molar-refractivity contribution >= 4 is 21.9 Å². The molecule has 9 nitrogen and oxygen atoms in total. The minimum atomic E-state index is -3.24. The van der Waals surface area contributed by atoms with Crippen molar-refractivity contribution in [3.05, 3.63) is 18.0 Å². The Hall–Kier alpha value is -1.94. The van der Waals surface area contributed by atoms with Crippen LogP contribution in [0, 0.1) is 0 Å². The normalized spacial score (nSPS) is 17.9. The van der Waals surface area contributed by atoms with E-state index in [-0.39, 0.29) is 24.7 Å². The molecule has 0 bridgehead atoms. The molecule has 1 aromatic heterocycles. The fraction of sp³-hybridized carbons (Fsp3) is 0.615. The third-order valence-corrected chi connectivity index (χ3v) is 5.77. The van der Waals surface area contributed by atoms with Gasteiger partial charge in [0.2, 0.25) is 10.0 Å². The van der Waals surface area contributed by atoms with Crippen LogP contribution in [-0.2, 0) is 14.8 Å². The molecule has 0 saturated carbocycles. The highest BCUT2D eigenvalue weighted by molar-refractivity contribution is 7.89. The van der Waals surface area contributed by atoms with Crippen LogP contribution in [0.5, 0.6) is 0 Å². The molecule has 1 aliphatic heterocycles. The number of piperazine rings is 1. The molecule has 23 heavy (non-hydrogen) atoms. The lowest BCUT2D eigenvalue weighted by Gasteiger charge is -2.33. The van der Waals surface area contributed by atoms with Gasteiger partial charge in [0.15, 0.2) is 0 Å². The Morgan fingerprint density at radius 2 is 1.91 bits per heavy atom. The molecular weight excluding hydrogens is 324 g/mol. The van der Waals surface area contributed by atoms with E-state index in [1.54, 1.807) is 11.8 Å². The van der Waals surface area contributed by atoms with Crippen LogP contribution in [0.15, 0.2) is 12.4 Å². The third-order valence-electron chi connectivity index (χ3n) is 3.89. The molecule has 1 atom stereocenters. The topological polar surface area (TPSA) is 113 Å². The second kappa shape index (κ2) is 6.67. The second-order valence-electron chi connectivity index (χ2n) is 5.32. The van der Waals surface area contributed by atoms with Gasteiger partial charge >= 0.3 is 5.97 Å². The highest BCUT2D eigenvalue weighted by atomic mass is 32.2. The SMILES string of the molecule is CCS(=O)(=O)N1CCN(C(=O)c2cnn(C(C)C(=O)O)c2)CC1. The summed E-state index contributed by atoms with van der Waals surface area (Å²) in [7, 11) is -3.24. The fourth-order valence-corrected chi connectivity index (χ4v) is 3.39. The Labute approximate surface area is 134 Å². The maximum absolute atomic E-state index is 12.4. The molecule has 128 valence electrons. The minimum absolute atomic E-state index is 0.0425. The number of carbonyl (C=O) groups is 2. The maximum atomic E-state index is 12.4. The zero-order valence-electron chi connectivity index (χ0n) is 13.0. The number of carbonyl (C=O) groups excluding carboxylic acids is 1. The summed E-state index contributed by atoms with van der Waals surface area (Å²) in [6.07, 6.45) is 2.73. The van der Waals surface area contributed by atoms with Gasteiger partial charge in [-0.2, -0.15) is 9.40 Å². The zero-order valence-corrected chi connectivity index (χ0v) is 13.9. The lowest BCUT2D eigenvalue weighted by molar-refractivity contribution is -0.140. The van der Waals surface area contributed by atoms with Gasteiger partial charge in [-0.25, -0.2) is 13.2 Å². The number of carboxylic acids is 1. The van der Waals surface area contributed by atoms with Crippen molar-refractivity contribution in [2.75, 3.05) is 31.9 Å². The quantitative estimate of drug-likeness (QED) is 0.780. The van der Waals surface area contributed by atoms with E-state index in [1.165, 1.54) is 28.3 Å². The molecule has 2 rings (SSSR count). The van der Waals surface area contributed by atoms with Crippen LogP contribution in [0.1, 0.15) is 30.2 Å². The van der Waals surface area contributed by atoms with Crippen LogP contribution in [0.4, 0.5) is 0 Å². The monoisotopic (exact) mass is 344 g/mol. The van der Waals surface area contributed by atoms with Crippen LogP contribution in [0.25, 0.3) is 0 Å². The predicted octanol–water partition coefficient (Wildman–Crippen LogP) is -0.364. The maximum Gasteiger partial charge on any atom is 0.328 e. The van der Waals surface area contributed by atoms with Gasteiger partial charge in [-0.15, -0.1) is 0 Å². The number of nitrogens with zero attached hydrogens (tertiary/aromatic N) is 4. The summed E-state index contributed by atoms with van der Waals surface area (Å²) in [5.74, 6) is -1.27. The number of hydrogen-bond acceptors (Lipinski definition) is 5. The number of carboxylic acid groups (broad SMARTS) is 1. The third kappa shape index (κ3) is 3.70. The Morgan fingerprint density at radius 3 is 2.43 bits per heavy atom. The van der Waals surface area contributed by atoms with Gasteiger partial charge in [0, 0.05) is 32.4 Å². The molecule has 1 amide bonds. The molecule has 1 saturated heterocycles. The Kier molecular flexibility index (Phi) is 5.05. The van der Waals surface area contributed by atoms with Crippen molar-refractivity contribution < 1.29 is 23.1 Å². The van der Waals surface area contributed by atoms with Gasteiger partial charge in [-0.3, -0.25) is 9.48 Å². The van der Waals surface area contributed by atoms with Gasteiger partial charge < -0.3 is 10.0 Å². The van der Waals surface area contributed by atoms with Crippen LogP contribution in [0.2, 0.25) is 0 Å². The van der Waals surface area contributed by atoms with E-state index in [4.69, 9.17) is 5.11 Å². The summed E-state index contributed by atoms with van der Waals surface area (Å²) in [6.45, 7) is 4.20. The van der Waals surface area contributed by atoms with E-state index in [2.05, 4.69) is 5.10 Å². The van der Waals surface area contributed by atoms with Crippen molar-refractivity contribution in [3.63, 3.8) is 0 Å². The number of sulfonamides is 1. The first-order valence-corrected chi connectivity index (χ1v) is 8.91. The van der Waals surface area contributed by atoms with E-state index in [1.807, 2.05) is 0 Å². The van der Waals surface area contributed by atoms with Crippen LogP contribution in [0.3, 0.4) is 0 Å². The molecule has 0 radical (unpaired) electrons. The molecular formula is C13H20N4O5S. The highest BCUT2D eigenvalue weighted by Gasteiger charge is 2.28. The molecule has 10 heteroatoms. The lowest BCUT2D eigenvalue weighted by atomic mass is 10.2. The average molecular weight is 344 g/mol. The first-order valence-electron chi connectivity index (χ1n) is 7.30. The molecule has 1 N–H and O–H groups in total. The van der Waals surface area contributed by atoms with Gasteiger partial charge in [-0.05, 0) is 13.8 Å². The molecule has 1 unspecified atom stereocenters. The van der Waals surface area contributed by atoms with E-state index in [0.29, 0.717) is 18.7 Å². The number of rotatable bonds is 5. The predicted molar refractivity (Wildman–Crippen MR) is 81.5 cm³/mol. The van der Waals surface area contributed by atoms with Crippen LogP contribution in [-0.4, -0.2) is 76.3 Å². The van der Waals surface area contributed by atoms with Crippen molar-refractivity contribution in [2.24, 2.45) is 0 Å². The van der Waals surface area contributed by atoms with Crippen molar-refractivity contribution in [1.82, 2.24) is 19.0 Å². The van der Waals surface area contributed by atoms with Crippen LogP contribution >= 0.6 is 0 Å². The summed E-state index contributed by atoms with van der Waals surface area (Å²) in [4.78, 5) is 24.9. The molecule has 1 aromatic rings. The van der Waals surface area contributed by atoms with Crippen LogP contribution < -0.4 is 0 Å². The Balaban J connectivity index is 2.02.